The number of furan rings is 1. The second kappa shape index (κ2) is 7.24. The molecule has 7 heteroatoms. The number of hydrogen-bond donors (Lipinski definition) is 1. The fourth-order valence-electron chi connectivity index (χ4n) is 2.41. The summed E-state index contributed by atoms with van der Waals surface area (Å²) in [6.45, 7) is 2.20. The average Bonchev–Trinajstić information content (AvgIpc) is 2.94. The fourth-order valence-corrected chi connectivity index (χ4v) is 2.72. The first-order valence-corrected chi connectivity index (χ1v) is 7.39. The molecule has 110 valence electrons. The summed E-state index contributed by atoms with van der Waals surface area (Å²) in [5.74, 6) is 2.48. The Morgan fingerprint density at radius 1 is 1.30 bits per heavy atom. The zero-order valence-corrected chi connectivity index (χ0v) is 13.4. The van der Waals surface area contributed by atoms with Crippen LogP contribution in [0.3, 0.4) is 0 Å². The first-order valence-electron chi connectivity index (χ1n) is 6.60. The molecule has 0 aliphatic carbocycles. The number of halogens is 2. The lowest BCUT2D eigenvalue weighted by Crippen LogP contribution is -2.14. The lowest BCUT2D eigenvalue weighted by atomic mass is 9.97. The van der Waals surface area contributed by atoms with Crippen molar-refractivity contribution in [1.82, 2.24) is 15.5 Å². The third kappa shape index (κ3) is 3.84. The molecule has 1 aliphatic rings. The Morgan fingerprint density at radius 2 is 2.20 bits per heavy atom. The van der Waals surface area contributed by atoms with Gasteiger partial charge in [-0.05, 0) is 66.3 Å². The molecule has 0 spiro atoms. The van der Waals surface area contributed by atoms with Gasteiger partial charge in [-0.25, -0.2) is 0 Å². The monoisotopic (exact) mass is 361 g/mol. The number of nitrogens with zero attached hydrogens (tertiary/aromatic N) is 2. The summed E-state index contributed by atoms with van der Waals surface area (Å²) in [4.78, 5) is 4.41. The molecule has 1 saturated heterocycles. The summed E-state index contributed by atoms with van der Waals surface area (Å²) in [5.41, 5.74) is 0. The van der Waals surface area contributed by atoms with Gasteiger partial charge < -0.3 is 14.3 Å². The van der Waals surface area contributed by atoms with Crippen molar-refractivity contribution in [2.45, 2.75) is 25.7 Å². The Hall–Kier alpha value is -0.850. The normalized spacial score (nSPS) is 19.4. The molecule has 3 rings (SSSR count). The Bertz CT molecular complexity index is 535. The van der Waals surface area contributed by atoms with E-state index in [2.05, 4.69) is 31.4 Å². The van der Waals surface area contributed by atoms with Gasteiger partial charge >= 0.3 is 0 Å². The molecular weight excluding hydrogens is 346 g/mol. The lowest BCUT2D eigenvalue weighted by Gasteiger charge is -2.09. The van der Waals surface area contributed by atoms with Crippen LogP contribution in [0.4, 0.5) is 0 Å². The Labute approximate surface area is 132 Å². The van der Waals surface area contributed by atoms with Crippen molar-refractivity contribution in [3.8, 4) is 11.6 Å². The zero-order valence-electron chi connectivity index (χ0n) is 11.0. The highest BCUT2D eigenvalue weighted by Gasteiger charge is 2.18. The highest BCUT2D eigenvalue weighted by molar-refractivity contribution is 9.10. The minimum absolute atomic E-state index is 0. The van der Waals surface area contributed by atoms with E-state index in [-0.39, 0.29) is 12.4 Å². The van der Waals surface area contributed by atoms with Crippen LogP contribution in [-0.2, 0) is 6.42 Å². The van der Waals surface area contributed by atoms with Gasteiger partial charge in [-0.2, -0.15) is 4.98 Å². The third-order valence-corrected chi connectivity index (χ3v) is 3.85. The van der Waals surface area contributed by atoms with Crippen LogP contribution in [0.5, 0.6) is 0 Å². The Morgan fingerprint density at radius 3 is 3.00 bits per heavy atom. The zero-order chi connectivity index (χ0) is 13.1. The van der Waals surface area contributed by atoms with Gasteiger partial charge in [0.05, 0.1) is 0 Å². The van der Waals surface area contributed by atoms with Gasteiger partial charge in [0.2, 0.25) is 11.7 Å². The molecule has 0 amide bonds. The van der Waals surface area contributed by atoms with E-state index >= 15 is 0 Å². The van der Waals surface area contributed by atoms with Gasteiger partial charge in [0, 0.05) is 6.42 Å². The molecule has 0 aromatic carbocycles. The fraction of sp³-hybridized carbons (Fsp3) is 0.538. The summed E-state index contributed by atoms with van der Waals surface area (Å²) < 4.78 is 11.4. The molecule has 1 N–H and O–H groups in total. The number of aromatic nitrogens is 2. The van der Waals surface area contributed by atoms with Gasteiger partial charge in [-0.1, -0.05) is 5.16 Å². The molecule has 20 heavy (non-hydrogen) atoms. The van der Waals surface area contributed by atoms with Gasteiger partial charge in [0.15, 0.2) is 10.4 Å². The smallest absolute Gasteiger partial charge is 0.238 e. The molecule has 2 aromatic heterocycles. The van der Waals surface area contributed by atoms with Gasteiger partial charge in [-0.15, -0.1) is 12.4 Å². The molecule has 1 fully saturated rings. The quantitative estimate of drug-likeness (QED) is 0.906. The van der Waals surface area contributed by atoms with Gasteiger partial charge in [0.25, 0.3) is 0 Å². The minimum Gasteiger partial charge on any atom is -0.446 e. The Balaban J connectivity index is 0.00000147. The molecule has 1 aliphatic heterocycles. The average molecular weight is 363 g/mol. The number of nitrogens with one attached hydrogen (secondary N) is 1. The summed E-state index contributed by atoms with van der Waals surface area (Å²) in [5, 5.41) is 7.38. The highest BCUT2D eigenvalue weighted by atomic mass is 79.9. The summed E-state index contributed by atoms with van der Waals surface area (Å²) in [6, 6.07) is 3.65. The predicted molar refractivity (Wildman–Crippen MR) is 80.9 cm³/mol. The maximum Gasteiger partial charge on any atom is 0.238 e. The first kappa shape index (κ1) is 15.5. The van der Waals surface area contributed by atoms with E-state index in [9.17, 15) is 0 Å². The maximum absolute atomic E-state index is 5.41. The molecule has 1 atom stereocenters. The van der Waals surface area contributed by atoms with Crippen molar-refractivity contribution < 1.29 is 8.94 Å². The third-order valence-electron chi connectivity index (χ3n) is 3.42. The highest BCUT2D eigenvalue weighted by Crippen LogP contribution is 2.24. The van der Waals surface area contributed by atoms with Crippen LogP contribution < -0.4 is 5.32 Å². The van der Waals surface area contributed by atoms with Crippen LogP contribution >= 0.6 is 28.3 Å². The van der Waals surface area contributed by atoms with Crippen molar-refractivity contribution in [1.29, 1.82) is 0 Å². The van der Waals surface area contributed by atoms with E-state index in [4.69, 9.17) is 8.94 Å². The summed E-state index contributed by atoms with van der Waals surface area (Å²) in [6.07, 6.45) is 4.47. The van der Waals surface area contributed by atoms with E-state index in [1.165, 1.54) is 19.3 Å². The molecule has 5 nitrogen and oxygen atoms in total. The Kier molecular flexibility index (Phi) is 5.63. The summed E-state index contributed by atoms with van der Waals surface area (Å²) >= 11 is 3.26. The van der Waals surface area contributed by atoms with Crippen molar-refractivity contribution in [2.75, 3.05) is 13.1 Å². The molecule has 3 heterocycles. The van der Waals surface area contributed by atoms with Crippen LogP contribution in [0.1, 0.15) is 25.2 Å². The SMILES string of the molecule is Brc1ccc(-c2noc(CC3CCCNCC3)n2)o1.Cl. The van der Waals surface area contributed by atoms with Crippen LogP contribution in [0.25, 0.3) is 11.6 Å². The second-order valence-electron chi connectivity index (χ2n) is 4.87. The summed E-state index contributed by atoms with van der Waals surface area (Å²) in [7, 11) is 0. The van der Waals surface area contributed by atoms with Crippen molar-refractivity contribution in [3.05, 3.63) is 22.7 Å². The molecule has 0 radical (unpaired) electrons. The largest absolute Gasteiger partial charge is 0.446 e. The van der Waals surface area contributed by atoms with E-state index < -0.39 is 0 Å². The van der Waals surface area contributed by atoms with Crippen molar-refractivity contribution in [2.24, 2.45) is 5.92 Å². The minimum atomic E-state index is 0. The number of rotatable bonds is 3. The molecule has 0 saturated carbocycles. The lowest BCUT2D eigenvalue weighted by molar-refractivity contribution is 0.341. The second-order valence-corrected chi connectivity index (χ2v) is 5.65. The van der Waals surface area contributed by atoms with E-state index in [0.717, 1.165) is 19.5 Å². The first-order chi connectivity index (χ1) is 9.31. The van der Waals surface area contributed by atoms with Crippen LogP contribution in [0.2, 0.25) is 0 Å². The standard InChI is InChI=1S/C13H16BrN3O2.ClH/c14-11-4-3-10(18-11)13-16-12(19-17-13)8-9-2-1-6-15-7-5-9;/h3-4,9,15H,1-2,5-8H2;1H. The van der Waals surface area contributed by atoms with Crippen molar-refractivity contribution in [3.63, 3.8) is 0 Å². The predicted octanol–water partition coefficient (Wildman–Crippen LogP) is 3.45. The topological polar surface area (TPSA) is 64.1 Å². The van der Waals surface area contributed by atoms with Crippen LogP contribution in [0.15, 0.2) is 25.7 Å². The van der Waals surface area contributed by atoms with E-state index in [1.54, 1.807) is 0 Å². The molecule has 1 unspecified atom stereocenters. The van der Waals surface area contributed by atoms with E-state index in [0.29, 0.717) is 28.1 Å². The van der Waals surface area contributed by atoms with Gasteiger partial charge in [0.1, 0.15) is 0 Å². The van der Waals surface area contributed by atoms with E-state index in [1.807, 2.05) is 12.1 Å². The van der Waals surface area contributed by atoms with Crippen molar-refractivity contribution >= 4 is 28.3 Å². The maximum atomic E-state index is 5.41. The molecule has 2 aromatic rings. The number of hydrogen-bond acceptors (Lipinski definition) is 5. The van der Waals surface area contributed by atoms with Crippen LogP contribution in [0, 0.1) is 5.92 Å². The van der Waals surface area contributed by atoms with Crippen LogP contribution in [-0.4, -0.2) is 23.2 Å². The molecule has 0 bridgehead atoms. The van der Waals surface area contributed by atoms with Gasteiger partial charge in [-0.3, -0.25) is 0 Å². The molecular formula is C13H17BrClN3O2.